The Morgan fingerprint density at radius 1 is 1.27 bits per heavy atom. The number of halogens is 1. The maximum Gasteiger partial charge on any atom is 0.353 e. The Bertz CT molecular complexity index is 676. The van der Waals surface area contributed by atoms with Gasteiger partial charge < -0.3 is 10.0 Å². The van der Waals surface area contributed by atoms with E-state index in [1.807, 2.05) is 6.92 Å². The van der Waals surface area contributed by atoms with Crippen LogP contribution in [0.15, 0.2) is 23.3 Å². The van der Waals surface area contributed by atoms with E-state index >= 15 is 0 Å². The van der Waals surface area contributed by atoms with Crippen molar-refractivity contribution in [1.82, 2.24) is 9.91 Å². The smallest absolute Gasteiger partial charge is 0.353 e. The molecule has 0 spiro atoms. The fraction of sp³-hybridized carbons (Fsp3) is 0.500. The number of phenols is 1. The molecule has 2 rings (SSSR count). The summed E-state index contributed by atoms with van der Waals surface area (Å²) in [5.74, 6) is -0.124. The largest absolute Gasteiger partial charge is 0.506 e. The van der Waals surface area contributed by atoms with E-state index in [2.05, 4.69) is 11.8 Å². The van der Waals surface area contributed by atoms with Gasteiger partial charge in [0, 0.05) is 31.4 Å². The van der Waals surface area contributed by atoms with Crippen molar-refractivity contribution in [3.05, 3.63) is 23.2 Å². The van der Waals surface area contributed by atoms with Crippen molar-refractivity contribution in [3.63, 3.8) is 0 Å². The van der Waals surface area contributed by atoms with Gasteiger partial charge in [-0.2, -0.15) is 5.10 Å². The summed E-state index contributed by atoms with van der Waals surface area (Å²) in [5, 5.41) is 14.7. The fourth-order valence-electron chi connectivity index (χ4n) is 3.28. The average Bonchev–Trinajstić information content (AvgIpc) is 2.65. The molecule has 0 saturated heterocycles. The molecule has 0 aromatic heterocycles. The molecule has 1 aliphatic rings. The van der Waals surface area contributed by atoms with Crippen molar-refractivity contribution in [2.75, 3.05) is 18.5 Å². The summed E-state index contributed by atoms with van der Waals surface area (Å²) >= 11 is 5.94. The lowest BCUT2D eigenvalue weighted by Gasteiger charge is -2.35. The van der Waals surface area contributed by atoms with Crippen molar-refractivity contribution in [3.8, 4) is 5.75 Å². The molecule has 0 atom stereocenters. The lowest BCUT2D eigenvalue weighted by Crippen LogP contribution is -2.51. The van der Waals surface area contributed by atoms with Gasteiger partial charge in [-0.25, -0.2) is 9.59 Å². The van der Waals surface area contributed by atoms with Gasteiger partial charge >= 0.3 is 12.1 Å². The zero-order valence-corrected chi connectivity index (χ0v) is 15.9. The second kappa shape index (κ2) is 8.89. The van der Waals surface area contributed by atoms with Gasteiger partial charge in [-0.05, 0) is 38.0 Å². The standard InChI is InChI=1S/C18H25ClN4O3/c1-4-22(14-8-6-5-7-9-14)18(26)23(20-2)17(25)21(3)15-12-13(19)10-11-16(15)24/h10-12,14,24H,2,4-9H2,1,3H3. The van der Waals surface area contributed by atoms with Crippen molar-refractivity contribution < 1.29 is 14.7 Å². The van der Waals surface area contributed by atoms with Crippen molar-refractivity contribution >= 4 is 36.1 Å². The Hall–Kier alpha value is -2.28. The van der Waals surface area contributed by atoms with Crippen LogP contribution in [0.5, 0.6) is 5.75 Å². The van der Waals surface area contributed by atoms with E-state index in [-0.39, 0.29) is 17.5 Å². The van der Waals surface area contributed by atoms with Gasteiger partial charge in [0.25, 0.3) is 0 Å². The van der Waals surface area contributed by atoms with Crippen LogP contribution in [0.2, 0.25) is 5.02 Å². The van der Waals surface area contributed by atoms with E-state index in [1.54, 1.807) is 4.90 Å². The van der Waals surface area contributed by atoms with Gasteiger partial charge in [0.05, 0.1) is 5.69 Å². The molecule has 1 aliphatic carbocycles. The molecule has 0 aliphatic heterocycles. The topological polar surface area (TPSA) is 76.5 Å². The highest BCUT2D eigenvalue weighted by Crippen LogP contribution is 2.30. The summed E-state index contributed by atoms with van der Waals surface area (Å²) in [6, 6.07) is 3.22. The molecule has 0 heterocycles. The molecule has 1 fully saturated rings. The lowest BCUT2D eigenvalue weighted by atomic mass is 9.94. The SMILES string of the molecule is C=NN(C(=O)N(C)c1cc(Cl)ccc1O)C(=O)N(CC)C1CCCCC1. The zero-order chi connectivity index (χ0) is 19.3. The second-order valence-electron chi connectivity index (χ2n) is 6.29. The third-order valence-electron chi connectivity index (χ3n) is 4.69. The molecule has 0 bridgehead atoms. The molecule has 26 heavy (non-hydrogen) atoms. The number of hydrogen-bond acceptors (Lipinski definition) is 4. The number of nitrogens with zero attached hydrogens (tertiary/aromatic N) is 4. The number of amides is 4. The van der Waals surface area contributed by atoms with Gasteiger partial charge in [0.1, 0.15) is 5.75 Å². The molecule has 4 amide bonds. The Morgan fingerprint density at radius 2 is 1.92 bits per heavy atom. The van der Waals surface area contributed by atoms with Crippen molar-refractivity contribution in [2.45, 2.75) is 45.1 Å². The van der Waals surface area contributed by atoms with Gasteiger partial charge in [0.2, 0.25) is 0 Å². The van der Waals surface area contributed by atoms with Crippen molar-refractivity contribution in [1.29, 1.82) is 0 Å². The van der Waals surface area contributed by atoms with E-state index in [9.17, 15) is 14.7 Å². The van der Waals surface area contributed by atoms with E-state index in [0.29, 0.717) is 11.6 Å². The third kappa shape index (κ3) is 4.27. The Labute approximate surface area is 158 Å². The number of urea groups is 2. The number of carbonyl (C=O) groups is 2. The van der Waals surface area contributed by atoms with Crippen LogP contribution in [0.4, 0.5) is 15.3 Å². The fourth-order valence-corrected chi connectivity index (χ4v) is 3.44. The van der Waals surface area contributed by atoms with Crippen molar-refractivity contribution in [2.24, 2.45) is 5.10 Å². The van der Waals surface area contributed by atoms with Gasteiger partial charge in [-0.1, -0.05) is 30.9 Å². The summed E-state index contributed by atoms with van der Waals surface area (Å²) in [5.41, 5.74) is 0.185. The maximum atomic E-state index is 12.9. The number of imide groups is 1. The number of aromatic hydroxyl groups is 1. The zero-order valence-electron chi connectivity index (χ0n) is 15.2. The summed E-state index contributed by atoms with van der Waals surface area (Å²) in [4.78, 5) is 28.5. The van der Waals surface area contributed by atoms with Crippen LogP contribution in [-0.2, 0) is 0 Å². The minimum absolute atomic E-state index is 0.100. The Morgan fingerprint density at radius 3 is 2.50 bits per heavy atom. The van der Waals surface area contributed by atoms with Crippen LogP contribution in [-0.4, -0.2) is 53.4 Å². The molecular formula is C18H25ClN4O3. The Kier molecular flexibility index (Phi) is 6.85. The summed E-state index contributed by atoms with van der Waals surface area (Å²) in [6.45, 7) is 5.73. The van der Waals surface area contributed by atoms with Crippen LogP contribution in [0.1, 0.15) is 39.0 Å². The predicted octanol–water partition coefficient (Wildman–Crippen LogP) is 4.29. The second-order valence-corrected chi connectivity index (χ2v) is 6.72. The quantitative estimate of drug-likeness (QED) is 0.625. The molecule has 1 N–H and O–H groups in total. The first-order chi connectivity index (χ1) is 12.4. The number of rotatable bonds is 4. The number of benzene rings is 1. The molecule has 8 heteroatoms. The molecule has 1 saturated carbocycles. The number of carbonyl (C=O) groups excluding carboxylic acids is 2. The lowest BCUT2D eigenvalue weighted by molar-refractivity contribution is 0.130. The predicted molar refractivity (Wildman–Crippen MR) is 103 cm³/mol. The van der Waals surface area contributed by atoms with Gasteiger partial charge in [0.15, 0.2) is 0 Å². The first kappa shape index (κ1) is 20.0. The first-order valence-electron chi connectivity index (χ1n) is 8.74. The normalized spacial score (nSPS) is 14.6. The monoisotopic (exact) mass is 380 g/mol. The third-order valence-corrected chi connectivity index (χ3v) is 4.93. The van der Waals surface area contributed by atoms with Crippen LogP contribution in [0.25, 0.3) is 0 Å². The molecule has 1 aromatic rings. The highest BCUT2D eigenvalue weighted by Gasteiger charge is 2.33. The number of hydrazone groups is 1. The molecule has 7 nitrogen and oxygen atoms in total. The molecule has 1 aromatic carbocycles. The van der Waals surface area contributed by atoms with Crippen LogP contribution < -0.4 is 4.90 Å². The minimum Gasteiger partial charge on any atom is -0.506 e. The first-order valence-corrected chi connectivity index (χ1v) is 9.12. The highest BCUT2D eigenvalue weighted by atomic mass is 35.5. The van der Waals surface area contributed by atoms with E-state index in [1.165, 1.54) is 31.7 Å². The number of anilines is 1. The molecule has 142 valence electrons. The number of hydrogen-bond donors (Lipinski definition) is 1. The van der Waals surface area contributed by atoms with Gasteiger partial charge in [-0.3, -0.25) is 4.90 Å². The summed E-state index contributed by atoms with van der Waals surface area (Å²) in [6.07, 6.45) is 5.15. The summed E-state index contributed by atoms with van der Waals surface area (Å²) in [7, 11) is 1.44. The molecular weight excluding hydrogens is 356 g/mol. The minimum atomic E-state index is -0.711. The van der Waals surface area contributed by atoms with E-state index in [0.717, 1.165) is 35.6 Å². The molecule has 0 radical (unpaired) electrons. The van der Waals surface area contributed by atoms with E-state index in [4.69, 9.17) is 11.6 Å². The average molecular weight is 381 g/mol. The number of phenolic OH excluding ortho intramolecular Hbond substituents is 1. The summed E-state index contributed by atoms with van der Waals surface area (Å²) < 4.78 is 0. The molecule has 0 unspecified atom stereocenters. The van der Waals surface area contributed by atoms with Crippen LogP contribution >= 0.6 is 11.6 Å². The highest BCUT2D eigenvalue weighted by molar-refractivity contribution is 6.31. The van der Waals surface area contributed by atoms with Crippen LogP contribution in [0, 0.1) is 0 Å². The van der Waals surface area contributed by atoms with Gasteiger partial charge in [-0.15, -0.1) is 5.01 Å². The maximum absolute atomic E-state index is 12.9. The Balaban J connectivity index is 2.22. The van der Waals surface area contributed by atoms with Crippen LogP contribution in [0.3, 0.4) is 0 Å². The van der Waals surface area contributed by atoms with E-state index < -0.39 is 12.1 Å².